The minimum Gasteiger partial charge on any atom is -0.463 e. The Balaban J connectivity index is 1.53. The summed E-state index contributed by atoms with van der Waals surface area (Å²) in [6, 6.07) is 9.65. The number of pyridine rings is 1. The van der Waals surface area contributed by atoms with Crippen LogP contribution in [0.4, 0.5) is 0 Å². The van der Waals surface area contributed by atoms with E-state index >= 15 is 0 Å². The molecule has 0 atom stereocenters. The van der Waals surface area contributed by atoms with Crippen molar-refractivity contribution in [3.8, 4) is 0 Å². The van der Waals surface area contributed by atoms with E-state index in [4.69, 9.17) is 8.83 Å². The number of amides is 2. The van der Waals surface area contributed by atoms with Gasteiger partial charge in [-0.15, -0.1) is 0 Å². The molecule has 2 amide bonds. The topological polar surface area (TPSA) is 122 Å². The normalized spacial score (nSPS) is 11.1. The first-order valence-electron chi connectivity index (χ1n) is 7.42. The maximum absolute atomic E-state index is 11.9. The van der Waals surface area contributed by atoms with Crippen molar-refractivity contribution in [2.45, 2.75) is 0 Å². The maximum atomic E-state index is 11.9. The molecule has 3 heterocycles. The van der Waals surface area contributed by atoms with Crippen molar-refractivity contribution in [3.63, 3.8) is 0 Å². The van der Waals surface area contributed by atoms with E-state index in [1.165, 1.54) is 43.3 Å². The van der Waals surface area contributed by atoms with E-state index in [-0.39, 0.29) is 11.3 Å². The molecule has 0 bridgehead atoms. The summed E-state index contributed by atoms with van der Waals surface area (Å²) in [5.74, 6) is 0.0182. The minimum atomic E-state index is -0.518. The first-order chi connectivity index (χ1) is 12.7. The van der Waals surface area contributed by atoms with Crippen LogP contribution in [0.3, 0.4) is 0 Å². The van der Waals surface area contributed by atoms with Gasteiger partial charge in [0.05, 0.1) is 30.5 Å². The second kappa shape index (κ2) is 8.20. The molecule has 0 saturated heterocycles. The Labute approximate surface area is 147 Å². The molecule has 0 spiro atoms. The van der Waals surface area contributed by atoms with Gasteiger partial charge in [0, 0.05) is 6.20 Å². The Morgan fingerprint density at radius 2 is 1.50 bits per heavy atom. The van der Waals surface area contributed by atoms with Gasteiger partial charge in [-0.3, -0.25) is 14.6 Å². The number of carbonyl (C=O) groups excluding carboxylic acids is 2. The van der Waals surface area contributed by atoms with Gasteiger partial charge in [-0.05, 0) is 36.4 Å². The largest absolute Gasteiger partial charge is 0.463 e. The monoisotopic (exact) mass is 351 g/mol. The molecule has 0 aliphatic rings. The number of hydrogen-bond donors (Lipinski definition) is 2. The average molecular weight is 351 g/mol. The molecular formula is C17H13N5O4. The van der Waals surface area contributed by atoms with E-state index in [1.54, 1.807) is 24.3 Å². The van der Waals surface area contributed by atoms with Crippen molar-refractivity contribution in [3.05, 3.63) is 77.9 Å². The summed E-state index contributed by atoms with van der Waals surface area (Å²) in [4.78, 5) is 27.8. The van der Waals surface area contributed by atoms with Crippen molar-refractivity contribution < 1.29 is 18.4 Å². The Morgan fingerprint density at radius 3 is 2.00 bits per heavy atom. The number of aromatic nitrogens is 1. The zero-order valence-electron chi connectivity index (χ0n) is 13.3. The van der Waals surface area contributed by atoms with Gasteiger partial charge >= 0.3 is 0 Å². The fourth-order valence-electron chi connectivity index (χ4n) is 1.82. The number of hydrazone groups is 2. The fourth-order valence-corrected chi connectivity index (χ4v) is 1.82. The van der Waals surface area contributed by atoms with Crippen molar-refractivity contribution in [2.24, 2.45) is 10.2 Å². The van der Waals surface area contributed by atoms with Gasteiger partial charge < -0.3 is 8.83 Å². The molecule has 0 aliphatic carbocycles. The second-order valence-electron chi connectivity index (χ2n) is 4.86. The van der Waals surface area contributed by atoms with Gasteiger partial charge in [0.1, 0.15) is 17.2 Å². The highest BCUT2D eigenvalue weighted by Crippen LogP contribution is 2.01. The van der Waals surface area contributed by atoms with Gasteiger partial charge in [0.15, 0.2) is 0 Å². The van der Waals surface area contributed by atoms with E-state index < -0.39 is 11.8 Å². The predicted molar refractivity (Wildman–Crippen MR) is 91.8 cm³/mol. The standard InChI is InChI=1S/C17H13N5O4/c23-16(21-19-10-13-3-1-7-25-13)12-5-6-15(18-9-12)17(24)22-20-11-14-4-2-8-26-14/h1-11H,(H,21,23)(H,22,24)/b19-10-,20-11-. The third-order valence-electron chi connectivity index (χ3n) is 3.06. The Morgan fingerprint density at radius 1 is 0.885 bits per heavy atom. The van der Waals surface area contributed by atoms with Gasteiger partial charge in [-0.2, -0.15) is 10.2 Å². The Hall–Kier alpha value is -4.01. The van der Waals surface area contributed by atoms with Crippen LogP contribution in [-0.4, -0.2) is 29.2 Å². The fraction of sp³-hybridized carbons (Fsp3) is 0. The van der Waals surface area contributed by atoms with Crippen LogP contribution in [0.1, 0.15) is 32.4 Å². The number of nitrogens with one attached hydrogen (secondary N) is 2. The van der Waals surface area contributed by atoms with Crippen LogP contribution in [0.2, 0.25) is 0 Å². The summed E-state index contributed by atoms with van der Waals surface area (Å²) in [5.41, 5.74) is 5.00. The van der Waals surface area contributed by atoms with Crippen LogP contribution in [0, 0.1) is 0 Å². The van der Waals surface area contributed by atoms with Crippen molar-refractivity contribution >= 4 is 24.2 Å². The molecule has 0 aliphatic heterocycles. The molecule has 0 saturated carbocycles. The lowest BCUT2D eigenvalue weighted by Crippen LogP contribution is -2.21. The van der Waals surface area contributed by atoms with Crippen LogP contribution >= 0.6 is 0 Å². The lowest BCUT2D eigenvalue weighted by molar-refractivity contribution is 0.0939. The third-order valence-corrected chi connectivity index (χ3v) is 3.06. The molecule has 9 nitrogen and oxygen atoms in total. The lowest BCUT2D eigenvalue weighted by atomic mass is 10.2. The van der Waals surface area contributed by atoms with Crippen molar-refractivity contribution in [2.75, 3.05) is 0 Å². The second-order valence-corrected chi connectivity index (χ2v) is 4.86. The lowest BCUT2D eigenvalue weighted by Gasteiger charge is -2.01. The van der Waals surface area contributed by atoms with Gasteiger partial charge in [-0.25, -0.2) is 10.9 Å². The van der Waals surface area contributed by atoms with Crippen LogP contribution < -0.4 is 10.9 Å². The molecule has 130 valence electrons. The summed E-state index contributed by atoms with van der Waals surface area (Å²) >= 11 is 0. The smallest absolute Gasteiger partial charge is 0.289 e. The van der Waals surface area contributed by atoms with Gasteiger partial charge in [-0.1, -0.05) is 0 Å². The van der Waals surface area contributed by atoms with Crippen LogP contribution in [0.15, 0.2) is 74.2 Å². The highest BCUT2D eigenvalue weighted by Gasteiger charge is 2.09. The molecule has 3 aromatic rings. The van der Waals surface area contributed by atoms with Gasteiger partial charge in [0.25, 0.3) is 11.8 Å². The molecule has 3 rings (SSSR count). The van der Waals surface area contributed by atoms with Crippen LogP contribution in [0.25, 0.3) is 0 Å². The van der Waals surface area contributed by atoms with E-state index in [1.807, 2.05) is 0 Å². The molecule has 0 aromatic carbocycles. The maximum Gasteiger partial charge on any atom is 0.289 e. The Kier molecular flexibility index (Phi) is 5.31. The van der Waals surface area contributed by atoms with Crippen LogP contribution in [0.5, 0.6) is 0 Å². The minimum absolute atomic E-state index is 0.109. The molecule has 9 heteroatoms. The number of rotatable bonds is 6. The number of carbonyl (C=O) groups is 2. The van der Waals surface area contributed by atoms with E-state index in [2.05, 4.69) is 26.0 Å². The number of hydrogen-bond acceptors (Lipinski definition) is 7. The van der Waals surface area contributed by atoms with Crippen molar-refractivity contribution in [1.82, 2.24) is 15.8 Å². The zero-order valence-corrected chi connectivity index (χ0v) is 13.3. The quantitative estimate of drug-likeness (QED) is 0.518. The summed E-state index contributed by atoms with van der Waals surface area (Å²) < 4.78 is 10.1. The number of nitrogens with zero attached hydrogens (tertiary/aromatic N) is 3. The zero-order chi connectivity index (χ0) is 18.2. The third kappa shape index (κ3) is 4.51. The summed E-state index contributed by atoms with van der Waals surface area (Å²) in [7, 11) is 0. The molecule has 2 N–H and O–H groups in total. The Bertz CT molecular complexity index is 835. The van der Waals surface area contributed by atoms with E-state index in [0.717, 1.165) is 0 Å². The predicted octanol–water partition coefficient (Wildman–Crippen LogP) is 1.80. The van der Waals surface area contributed by atoms with Gasteiger partial charge in [0.2, 0.25) is 0 Å². The first-order valence-corrected chi connectivity index (χ1v) is 7.42. The highest BCUT2D eigenvalue weighted by molar-refractivity contribution is 5.96. The van der Waals surface area contributed by atoms with E-state index in [9.17, 15) is 9.59 Å². The molecule has 0 fully saturated rings. The number of furan rings is 2. The summed E-state index contributed by atoms with van der Waals surface area (Å²) in [6.45, 7) is 0. The first kappa shape index (κ1) is 16.8. The molecular weight excluding hydrogens is 338 g/mol. The SMILES string of the molecule is O=C(N/N=C\c1ccco1)c1ccc(C(=O)N/N=C\c2ccco2)nc1. The molecule has 0 radical (unpaired) electrons. The average Bonchev–Trinajstić information content (AvgIpc) is 3.36. The van der Waals surface area contributed by atoms with Crippen LogP contribution in [-0.2, 0) is 0 Å². The molecule has 0 unspecified atom stereocenters. The highest BCUT2D eigenvalue weighted by atomic mass is 16.3. The van der Waals surface area contributed by atoms with Crippen molar-refractivity contribution in [1.29, 1.82) is 0 Å². The van der Waals surface area contributed by atoms with E-state index in [0.29, 0.717) is 11.5 Å². The summed E-state index contributed by atoms with van der Waals surface area (Å²) in [5, 5.41) is 7.51. The molecule has 3 aromatic heterocycles. The molecule has 26 heavy (non-hydrogen) atoms. The summed E-state index contributed by atoms with van der Waals surface area (Å²) in [6.07, 6.45) is 6.98.